The van der Waals surface area contributed by atoms with Gasteiger partial charge in [0, 0.05) is 5.88 Å². The SMILES string of the molecule is ClCc1ccc(-c2ccc(COc3ccccc3)cc2)cc1. The van der Waals surface area contributed by atoms with Gasteiger partial charge in [0.05, 0.1) is 0 Å². The van der Waals surface area contributed by atoms with E-state index in [1.54, 1.807) is 0 Å². The van der Waals surface area contributed by atoms with Crippen LogP contribution in [0.3, 0.4) is 0 Å². The summed E-state index contributed by atoms with van der Waals surface area (Å²) in [6.45, 7) is 0.579. The standard InChI is InChI=1S/C20H17ClO/c21-14-16-6-10-18(11-7-16)19-12-8-17(9-13-19)15-22-20-4-2-1-3-5-20/h1-13H,14-15H2. The molecule has 3 rings (SSSR count). The van der Waals surface area contributed by atoms with E-state index in [1.807, 2.05) is 30.3 Å². The van der Waals surface area contributed by atoms with E-state index in [4.69, 9.17) is 16.3 Å². The molecule has 2 heteroatoms. The molecule has 3 aromatic rings. The summed E-state index contributed by atoms with van der Waals surface area (Å²) in [6.07, 6.45) is 0. The molecule has 0 spiro atoms. The lowest BCUT2D eigenvalue weighted by molar-refractivity contribution is 0.306. The molecule has 0 saturated carbocycles. The Morgan fingerprint density at radius 3 is 1.73 bits per heavy atom. The Hall–Kier alpha value is -2.25. The number of ether oxygens (including phenoxy) is 1. The molecule has 22 heavy (non-hydrogen) atoms. The van der Waals surface area contributed by atoms with Crippen LogP contribution in [0.15, 0.2) is 78.9 Å². The van der Waals surface area contributed by atoms with Crippen LogP contribution in [-0.2, 0) is 12.5 Å². The van der Waals surface area contributed by atoms with Crippen LogP contribution in [0.4, 0.5) is 0 Å². The lowest BCUT2D eigenvalue weighted by Gasteiger charge is -2.07. The van der Waals surface area contributed by atoms with Gasteiger partial charge in [0.2, 0.25) is 0 Å². The summed E-state index contributed by atoms with van der Waals surface area (Å²) in [5.74, 6) is 1.44. The number of rotatable bonds is 5. The molecular weight excluding hydrogens is 292 g/mol. The smallest absolute Gasteiger partial charge is 0.119 e. The van der Waals surface area contributed by atoms with Gasteiger partial charge in [-0.3, -0.25) is 0 Å². The Kier molecular flexibility index (Phi) is 4.77. The molecule has 110 valence electrons. The van der Waals surface area contributed by atoms with Crippen molar-refractivity contribution < 1.29 is 4.74 Å². The van der Waals surface area contributed by atoms with Crippen molar-refractivity contribution in [1.82, 2.24) is 0 Å². The maximum absolute atomic E-state index is 5.82. The van der Waals surface area contributed by atoms with Gasteiger partial charge in [0.1, 0.15) is 12.4 Å². The second-order valence-corrected chi connectivity index (χ2v) is 5.40. The third kappa shape index (κ3) is 3.69. The topological polar surface area (TPSA) is 9.23 Å². The molecule has 0 aliphatic carbocycles. The van der Waals surface area contributed by atoms with E-state index in [1.165, 1.54) is 11.1 Å². The van der Waals surface area contributed by atoms with E-state index in [0.717, 1.165) is 16.9 Å². The van der Waals surface area contributed by atoms with Crippen LogP contribution in [-0.4, -0.2) is 0 Å². The fourth-order valence-corrected chi connectivity index (χ4v) is 2.44. The average molecular weight is 309 g/mol. The van der Waals surface area contributed by atoms with Crippen LogP contribution in [0.1, 0.15) is 11.1 Å². The minimum absolute atomic E-state index is 0.552. The number of alkyl halides is 1. The molecule has 0 unspecified atom stereocenters. The van der Waals surface area contributed by atoms with Crippen LogP contribution in [0.25, 0.3) is 11.1 Å². The van der Waals surface area contributed by atoms with Crippen LogP contribution in [0, 0.1) is 0 Å². The molecule has 0 amide bonds. The lowest BCUT2D eigenvalue weighted by Crippen LogP contribution is -1.94. The zero-order chi connectivity index (χ0) is 15.2. The summed E-state index contributed by atoms with van der Waals surface area (Å²) in [6, 6.07) is 26.7. The molecule has 1 nitrogen and oxygen atoms in total. The number of halogens is 1. The molecule has 0 heterocycles. The van der Waals surface area contributed by atoms with Gasteiger partial charge >= 0.3 is 0 Å². The van der Waals surface area contributed by atoms with E-state index < -0.39 is 0 Å². The van der Waals surface area contributed by atoms with Gasteiger partial charge in [-0.2, -0.15) is 0 Å². The van der Waals surface area contributed by atoms with Crippen molar-refractivity contribution >= 4 is 11.6 Å². The summed E-state index contributed by atoms with van der Waals surface area (Å²) < 4.78 is 5.75. The molecular formula is C20H17ClO. The predicted molar refractivity (Wildman–Crippen MR) is 92.2 cm³/mol. The summed E-state index contributed by atoms with van der Waals surface area (Å²) in [5, 5.41) is 0. The summed E-state index contributed by atoms with van der Waals surface area (Å²) in [5.41, 5.74) is 4.69. The van der Waals surface area contributed by atoms with Gasteiger partial charge in [-0.1, -0.05) is 66.7 Å². The van der Waals surface area contributed by atoms with E-state index in [-0.39, 0.29) is 0 Å². The van der Waals surface area contributed by atoms with E-state index >= 15 is 0 Å². The molecule has 0 aliphatic rings. The van der Waals surface area contributed by atoms with Crippen LogP contribution in [0.5, 0.6) is 5.75 Å². The first-order chi connectivity index (χ1) is 10.8. The minimum Gasteiger partial charge on any atom is -0.489 e. The molecule has 0 radical (unpaired) electrons. The van der Waals surface area contributed by atoms with Gasteiger partial charge in [0.25, 0.3) is 0 Å². The first-order valence-electron chi connectivity index (χ1n) is 7.27. The number of hydrogen-bond acceptors (Lipinski definition) is 1. The number of hydrogen-bond donors (Lipinski definition) is 0. The quantitative estimate of drug-likeness (QED) is 0.552. The highest BCUT2D eigenvalue weighted by Crippen LogP contribution is 2.21. The van der Waals surface area contributed by atoms with Crippen molar-refractivity contribution in [3.8, 4) is 16.9 Å². The second kappa shape index (κ2) is 7.15. The average Bonchev–Trinajstić information content (AvgIpc) is 2.61. The van der Waals surface area contributed by atoms with E-state index in [9.17, 15) is 0 Å². The lowest BCUT2D eigenvalue weighted by atomic mass is 10.0. The van der Waals surface area contributed by atoms with Crippen molar-refractivity contribution in [3.05, 3.63) is 90.0 Å². The Bertz CT molecular complexity index is 703. The highest BCUT2D eigenvalue weighted by Gasteiger charge is 2.00. The Morgan fingerprint density at radius 2 is 1.18 bits per heavy atom. The van der Waals surface area contributed by atoms with Gasteiger partial charge in [0.15, 0.2) is 0 Å². The molecule has 0 bridgehead atoms. The molecule has 0 aliphatic heterocycles. The van der Waals surface area contributed by atoms with Crippen molar-refractivity contribution in [2.75, 3.05) is 0 Å². The molecule has 0 aromatic heterocycles. The fraction of sp³-hybridized carbons (Fsp3) is 0.100. The monoisotopic (exact) mass is 308 g/mol. The summed E-state index contributed by atoms with van der Waals surface area (Å²) >= 11 is 5.82. The fourth-order valence-electron chi connectivity index (χ4n) is 2.26. The van der Waals surface area contributed by atoms with Crippen molar-refractivity contribution in [3.63, 3.8) is 0 Å². The third-order valence-corrected chi connectivity index (χ3v) is 3.85. The van der Waals surface area contributed by atoms with Gasteiger partial charge in [-0.15, -0.1) is 11.6 Å². The Labute approximate surface area is 136 Å². The largest absolute Gasteiger partial charge is 0.489 e. The maximum atomic E-state index is 5.82. The molecule has 3 aromatic carbocycles. The van der Waals surface area contributed by atoms with Crippen LogP contribution >= 0.6 is 11.6 Å². The van der Waals surface area contributed by atoms with E-state index in [2.05, 4.69) is 48.5 Å². The molecule has 0 saturated heterocycles. The third-order valence-electron chi connectivity index (χ3n) is 3.54. The van der Waals surface area contributed by atoms with Crippen molar-refractivity contribution in [2.45, 2.75) is 12.5 Å². The number of benzene rings is 3. The van der Waals surface area contributed by atoms with E-state index in [0.29, 0.717) is 12.5 Å². The summed E-state index contributed by atoms with van der Waals surface area (Å²) in [4.78, 5) is 0. The predicted octanol–water partition coefficient (Wildman–Crippen LogP) is 5.67. The van der Waals surface area contributed by atoms with Gasteiger partial charge in [-0.25, -0.2) is 0 Å². The second-order valence-electron chi connectivity index (χ2n) is 5.13. The van der Waals surface area contributed by atoms with Gasteiger partial charge in [-0.05, 0) is 34.4 Å². The van der Waals surface area contributed by atoms with Crippen molar-refractivity contribution in [1.29, 1.82) is 0 Å². The minimum atomic E-state index is 0.552. The van der Waals surface area contributed by atoms with Crippen LogP contribution in [0.2, 0.25) is 0 Å². The maximum Gasteiger partial charge on any atom is 0.119 e. The van der Waals surface area contributed by atoms with Gasteiger partial charge < -0.3 is 4.74 Å². The zero-order valence-electron chi connectivity index (χ0n) is 12.2. The molecule has 0 N–H and O–H groups in total. The summed E-state index contributed by atoms with van der Waals surface area (Å²) in [7, 11) is 0. The molecule has 0 fully saturated rings. The Morgan fingerprint density at radius 1 is 0.636 bits per heavy atom. The first kappa shape index (κ1) is 14.7. The molecule has 0 atom stereocenters. The normalized spacial score (nSPS) is 10.4. The Balaban J connectivity index is 1.67. The zero-order valence-corrected chi connectivity index (χ0v) is 13.0. The first-order valence-corrected chi connectivity index (χ1v) is 7.81. The van der Waals surface area contributed by atoms with Crippen LogP contribution < -0.4 is 4.74 Å². The van der Waals surface area contributed by atoms with Crippen molar-refractivity contribution in [2.24, 2.45) is 0 Å². The number of para-hydroxylation sites is 1. The highest BCUT2D eigenvalue weighted by atomic mass is 35.5. The highest BCUT2D eigenvalue weighted by molar-refractivity contribution is 6.17.